The van der Waals surface area contributed by atoms with Crippen LogP contribution in [-0.4, -0.2) is 18.3 Å². The van der Waals surface area contributed by atoms with E-state index in [1.807, 2.05) is 18.2 Å². The van der Waals surface area contributed by atoms with Crippen LogP contribution in [0.25, 0.3) is 0 Å². The van der Waals surface area contributed by atoms with Crippen molar-refractivity contribution in [3.8, 4) is 5.75 Å². The standard InChI is InChI=1S/C13H20O2/c1-3-4-9-15-13-6-5-12(7-8-14)11(2)10-13/h5-6,10,14H,3-4,7-9H2,1-2H3. The second-order valence-corrected chi connectivity index (χ2v) is 3.76. The molecule has 0 saturated carbocycles. The quantitative estimate of drug-likeness (QED) is 0.728. The Bertz CT molecular complexity index is 295. The molecule has 0 spiro atoms. The number of hydrogen-bond donors (Lipinski definition) is 1. The molecule has 0 aromatic heterocycles. The number of aryl methyl sites for hydroxylation is 1. The summed E-state index contributed by atoms with van der Waals surface area (Å²) in [7, 11) is 0. The Morgan fingerprint density at radius 2 is 2.13 bits per heavy atom. The lowest BCUT2D eigenvalue weighted by molar-refractivity contribution is 0.298. The summed E-state index contributed by atoms with van der Waals surface area (Å²) in [5.74, 6) is 0.933. The maximum Gasteiger partial charge on any atom is 0.119 e. The Hall–Kier alpha value is -1.02. The number of hydrogen-bond acceptors (Lipinski definition) is 2. The molecule has 0 unspecified atom stereocenters. The highest BCUT2D eigenvalue weighted by molar-refractivity contribution is 5.34. The fourth-order valence-electron chi connectivity index (χ4n) is 1.49. The first-order valence-electron chi connectivity index (χ1n) is 5.61. The van der Waals surface area contributed by atoms with E-state index in [0.717, 1.165) is 31.6 Å². The van der Waals surface area contributed by atoms with Crippen molar-refractivity contribution in [1.29, 1.82) is 0 Å². The lowest BCUT2D eigenvalue weighted by atomic mass is 10.1. The fourth-order valence-corrected chi connectivity index (χ4v) is 1.49. The summed E-state index contributed by atoms with van der Waals surface area (Å²) in [6, 6.07) is 6.06. The number of rotatable bonds is 6. The van der Waals surface area contributed by atoms with Crippen LogP contribution < -0.4 is 4.74 Å². The van der Waals surface area contributed by atoms with Crippen LogP contribution in [0.5, 0.6) is 5.75 Å². The van der Waals surface area contributed by atoms with Gasteiger partial charge in [0.1, 0.15) is 5.75 Å². The van der Waals surface area contributed by atoms with Gasteiger partial charge in [-0.3, -0.25) is 0 Å². The van der Waals surface area contributed by atoms with Crippen LogP contribution in [0.3, 0.4) is 0 Å². The molecule has 0 saturated heterocycles. The fraction of sp³-hybridized carbons (Fsp3) is 0.538. The van der Waals surface area contributed by atoms with Gasteiger partial charge in [-0.25, -0.2) is 0 Å². The topological polar surface area (TPSA) is 29.5 Å². The summed E-state index contributed by atoms with van der Waals surface area (Å²) in [4.78, 5) is 0. The van der Waals surface area contributed by atoms with Crippen LogP contribution in [-0.2, 0) is 6.42 Å². The van der Waals surface area contributed by atoms with E-state index in [1.165, 1.54) is 11.1 Å². The third-order valence-electron chi connectivity index (χ3n) is 2.46. The Morgan fingerprint density at radius 1 is 1.33 bits per heavy atom. The van der Waals surface area contributed by atoms with Crippen molar-refractivity contribution >= 4 is 0 Å². The first-order chi connectivity index (χ1) is 7.27. The van der Waals surface area contributed by atoms with Crippen molar-refractivity contribution in [2.75, 3.05) is 13.2 Å². The van der Waals surface area contributed by atoms with Crippen LogP contribution in [0, 0.1) is 6.92 Å². The summed E-state index contributed by atoms with van der Waals surface area (Å²) < 4.78 is 5.60. The van der Waals surface area contributed by atoms with Crippen LogP contribution in [0.15, 0.2) is 18.2 Å². The van der Waals surface area contributed by atoms with Gasteiger partial charge in [0, 0.05) is 6.61 Å². The molecule has 0 aliphatic carbocycles. The molecule has 0 aliphatic heterocycles. The summed E-state index contributed by atoms with van der Waals surface area (Å²) in [6.07, 6.45) is 2.97. The first-order valence-corrected chi connectivity index (χ1v) is 5.61. The second kappa shape index (κ2) is 6.46. The molecular weight excluding hydrogens is 188 g/mol. The average molecular weight is 208 g/mol. The predicted octanol–water partition coefficient (Wildman–Crippen LogP) is 2.71. The Balaban J connectivity index is 2.56. The Kier molecular flexibility index (Phi) is 5.19. The van der Waals surface area contributed by atoms with Crippen LogP contribution >= 0.6 is 0 Å². The van der Waals surface area contributed by atoms with Gasteiger partial charge < -0.3 is 9.84 Å². The van der Waals surface area contributed by atoms with Crippen molar-refractivity contribution in [3.63, 3.8) is 0 Å². The molecule has 2 heteroatoms. The largest absolute Gasteiger partial charge is 0.494 e. The molecule has 0 radical (unpaired) electrons. The SMILES string of the molecule is CCCCOc1ccc(CCO)c(C)c1. The van der Waals surface area contributed by atoms with Gasteiger partial charge in [-0.05, 0) is 43.0 Å². The zero-order valence-corrected chi connectivity index (χ0v) is 9.62. The molecule has 0 aliphatic rings. The number of aliphatic hydroxyl groups excluding tert-OH is 1. The van der Waals surface area contributed by atoms with E-state index >= 15 is 0 Å². The molecule has 0 heterocycles. The molecule has 1 aromatic carbocycles. The first kappa shape index (κ1) is 12.1. The van der Waals surface area contributed by atoms with E-state index in [0.29, 0.717) is 0 Å². The van der Waals surface area contributed by atoms with Gasteiger partial charge >= 0.3 is 0 Å². The van der Waals surface area contributed by atoms with E-state index in [2.05, 4.69) is 13.8 Å². The van der Waals surface area contributed by atoms with Crippen molar-refractivity contribution in [2.45, 2.75) is 33.1 Å². The number of benzene rings is 1. The molecule has 84 valence electrons. The molecule has 0 bridgehead atoms. The maximum atomic E-state index is 8.86. The molecule has 1 rings (SSSR count). The highest BCUT2D eigenvalue weighted by Gasteiger charge is 2.00. The van der Waals surface area contributed by atoms with Gasteiger partial charge in [0.05, 0.1) is 6.61 Å². The smallest absolute Gasteiger partial charge is 0.119 e. The lowest BCUT2D eigenvalue weighted by Gasteiger charge is -2.09. The minimum Gasteiger partial charge on any atom is -0.494 e. The van der Waals surface area contributed by atoms with E-state index in [-0.39, 0.29) is 6.61 Å². The molecule has 1 aromatic rings. The van der Waals surface area contributed by atoms with Crippen LogP contribution in [0.2, 0.25) is 0 Å². The summed E-state index contributed by atoms with van der Waals surface area (Å²) >= 11 is 0. The van der Waals surface area contributed by atoms with Gasteiger partial charge in [0.2, 0.25) is 0 Å². The zero-order chi connectivity index (χ0) is 11.1. The predicted molar refractivity (Wildman–Crippen MR) is 62.4 cm³/mol. The van der Waals surface area contributed by atoms with Gasteiger partial charge in [-0.15, -0.1) is 0 Å². The van der Waals surface area contributed by atoms with E-state index in [4.69, 9.17) is 9.84 Å². The van der Waals surface area contributed by atoms with E-state index in [9.17, 15) is 0 Å². The average Bonchev–Trinajstić information content (AvgIpc) is 2.23. The van der Waals surface area contributed by atoms with E-state index < -0.39 is 0 Å². The van der Waals surface area contributed by atoms with E-state index in [1.54, 1.807) is 0 Å². The zero-order valence-electron chi connectivity index (χ0n) is 9.62. The number of aliphatic hydroxyl groups is 1. The lowest BCUT2D eigenvalue weighted by Crippen LogP contribution is -1.99. The van der Waals surface area contributed by atoms with Crippen molar-refractivity contribution in [2.24, 2.45) is 0 Å². The molecule has 2 nitrogen and oxygen atoms in total. The van der Waals surface area contributed by atoms with Gasteiger partial charge in [-0.2, -0.15) is 0 Å². The molecular formula is C13H20O2. The normalized spacial score (nSPS) is 10.3. The molecule has 0 amide bonds. The van der Waals surface area contributed by atoms with Gasteiger partial charge in [0.15, 0.2) is 0 Å². The Morgan fingerprint density at radius 3 is 2.73 bits per heavy atom. The molecule has 1 N–H and O–H groups in total. The molecule has 15 heavy (non-hydrogen) atoms. The highest BCUT2D eigenvalue weighted by Crippen LogP contribution is 2.17. The second-order valence-electron chi connectivity index (χ2n) is 3.76. The third kappa shape index (κ3) is 3.92. The summed E-state index contributed by atoms with van der Waals surface area (Å²) in [6.45, 7) is 5.20. The summed E-state index contributed by atoms with van der Waals surface area (Å²) in [5.41, 5.74) is 2.39. The monoisotopic (exact) mass is 208 g/mol. The Labute approximate surface area is 91.9 Å². The number of unbranched alkanes of at least 4 members (excludes halogenated alkanes) is 1. The molecule has 0 atom stereocenters. The maximum absolute atomic E-state index is 8.86. The van der Waals surface area contributed by atoms with Crippen molar-refractivity contribution < 1.29 is 9.84 Å². The highest BCUT2D eigenvalue weighted by atomic mass is 16.5. The number of ether oxygens (including phenoxy) is 1. The minimum absolute atomic E-state index is 0.205. The van der Waals surface area contributed by atoms with Crippen molar-refractivity contribution in [3.05, 3.63) is 29.3 Å². The third-order valence-corrected chi connectivity index (χ3v) is 2.46. The van der Waals surface area contributed by atoms with Gasteiger partial charge in [0.25, 0.3) is 0 Å². The minimum atomic E-state index is 0.205. The van der Waals surface area contributed by atoms with Crippen LogP contribution in [0.4, 0.5) is 0 Å². The van der Waals surface area contributed by atoms with Crippen LogP contribution in [0.1, 0.15) is 30.9 Å². The van der Waals surface area contributed by atoms with Crippen molar-refractivity contribution in [1.82, 2.24) is 0 Å². The van der Waals surface area contributed by atoms with Gasteiger partial charge in [-0.1, -0.05) is 19.4 Å². The summed E-state index contributed by atoms with van der Waals surface area (Å²) in [5, 5.41) is 8.86. The molecule has 0 fully saturated rings.